The first kappa shape index (κ1) is 7.80. The van der Waals surface area contributed by atoms with Crippen molar-refractivity contribution < 1.29 is 0 Å². The van der Waals surface area contributed by atoms with Crippen molar-refractivity contribution in [3.8, 4) is 6.07 Å². The number of aromatic nitrogens is 2. The maximum atomic E-state index is 8.72. The van der Waals surface area contributed by atoms with Crippen molar-refractivity contribution >= 4 is 0 Å². The van der Waals surface area contributed by atoms with E-state index in [4.69, 9.17) is 5.26 Å². The largest absolute Gasteiger partial charge is 0.254 e. The van der Waals surface area contributed by atoms with Gasteiger partial charge in [-0.05, 0) is 13.3 Å². The van der Waals surface area contributed by atoms with Crippen molar-refractivity contribution in [2.45, 2.75) is 26.8 Å². The van der Waals surface area contributed by atoms with Crippen LogP contribution in [0.1, 0.15) is 25.1 Å². The summed E-state index contributed by atoms with van der Waals surface area (Å²) >= 11 is 0. The molecule has 0 aliphatic heterocycles. The summed E-state index contributed by atoms with van der Waals surface area (Å²) in [6, 6.07) is 2.12. The molecule has 0 bridgehead atoms. The summed E-state index contributed by atoms with van der Waals surface area (Å²) in [5, 5.41) is 12.7. The van der Waals surface area contributed by atoms with Crippen LogP contribution in [0.25, 0.3) is 0 Å². The van der Waals surface area contributed by atoms with Crippen molar-refractivity contribution in [3.63, 3.8) is 0 Å². The SMILES string of the molecule is CCc1[c]nn(CC)c1C#N. The Labute approximate surface area is 66.3 Å². The number of nitriles is 1. The first-order valence-corrected chi connectivity index (χ1v) is 3.70. The van der Waals surface area contributed by atoms with Gasteiger partial charge in [0.05, 0.1) is 0 Å². The van der Waals surface area contributed by atoms with Gasteiger partial charge in [-0.15, -0.1) is 0 Å². The molecule has 3 heteroatoms. The van der Waals surface area contributed by atoms with Gasteiger partial charge in [-0.25, -0.2) is 0 Å². The molecule has 1 radical (unpaired) electrons. The Bertz CT molecular complexity index is 259. The molecule has 0 saturated carbocycles. The highest BCUT2D eigenvalue weighted by atomic mass is 15.3. The standard InChI is InChI=1S/C8H10N3/c1-3-7-6-10-11(4-2)8(7)5-9/h3-4H2,1-2H3. The highest BCUT2D eigenvalue weighted by Gasteiger charge is 2.06. The molecule has 0 saturated heterocycles. The van der Waals surface area contributed by atoms with Gasteiger partial charge in [0.2, 0.25) is 0 Å². The summed E-state index contributed by atoms with van der Waals surface area (Å²) in [6.07, 6.45) is 3.64. The lowest BCUT2D eigenvalue weighted by Crippen LogP contribution is -1.99. The fourth-order valence-electron chi connectivity index (χ4n) is 0.980. The topological polar surface area (TPSA) is 41.6 Å². The third-order valence-electron chi connectivity index (χ3n) is 1.61. The van der Waals surface area contributed by atoms with Crippen molar-refractivity contribution in [2.24, 2.45) is 0 Å². The van der Waals surface area contributed by atoms with Gasteiger partial charge >= 0.3 is 0 Å². The molecule has 0 aliphatic carbocycles. The average molecular weight is 148 g/mol. The minimum atomic E-state index is 0.648. The summed E-state index contributed by atoms with van der Waals surface area (Å²) in [5.74, 6) is 0. The van der Waals surface area contributed by atoms with Crippen LogP contribution in [0.3, 0.4) is 0 Å². The van der Waals surface area contributed by atoms with E-state index in [0.717, 1.165) is 18.5 Å². The maximum Gasteiger partial charge on any atom is 0.142 e. The Morgan fingerprint density at radius 1 is 1.64 bits per heavy atom. The van der Waals surface area contributed by atoms with E-state index >= 15 is 0 Å². The Morgan fingerprint density at radius 3 is 2.82 bits per heavy atom. The van der Waals surface area contributed by atoms with Gasteiger partial charge in [0, 0.05) is 12.1 Å². The molecular weight excluding hydrogens is 138 g/mol. The molecule has 0 aromatic carbocycles. The van der Waals surface area contributed by atoms with Crippen LogP contribution >= 0.6 is 0 Å². The first-order chi connectivity index (χ1) is 5.33. The molecule has 0 amide bonds. The second kappa shape index (κ2) is 3.20. The molecule has 0 fully saturated rings. The third-order valence-corrected chi connectivity index (χ3v) is 1.61. The molecule has 1 aromatic rings. The summed E-state index contributed by atoms with van der Waals surface area (Å²) in [4.78, 5) is 0. The van der Waals surface area contributed by atoms with Crippen LogP contribution in [0.2, 0.25) is 0 Å². The van der Waals surface area contributed by atoms with E-state index in [1.165, 1.54) is 0 Å². The number of rotatable bonds is 2. The molecule has 3 nitrogen and oxygen atoms in total. The lowest BCUT2D eigenvalue weighted by molar-refractivity contribution is 0.649. The third kappa shape index (κ3) is 1.25. The summed E-state index contributed by atoms with van der Waals surface area (Å²) in [6.45, 7) is 4.69. The molecule has 57 valence electrons. The van der Waals surface area contributed by atoms with E-state index in [0.29, 0.717) is 5.69 Å². The number of hydrogen-bond donors (Lipinski definition) is 0. The fourth-order valence-corrected chi connectivity index (χ4v) is 0.980. The predicted molar refractivity (Wildman–Crippen MR) is 40.8 cm³/mol. The molecule has 0 N–H and O–H groups in total. The van der Waals surface area contributed by atoms with Gasteiger partial charge in [-0.2, -0.15) is 10.4 Å². The zero-order chi connectivity index (χ0) is 8.27. The van der Waals surface area contributed by atoms with E-state index in [1.54, 1.807) is 4.68 Å². The molecule has 1 rings (SSSR count). The summed E-state index contributed by atoms with van der Waals surface area (Å²) in [5.41, 5.74) is 1.56. The van der Waals surface area contributed by atoms with Crippen LogP contribution in [-0.2, 0) is 13.0 Å². The average Bonchev–Trinajstić information content (AvgIpc) is 2.45. The Kier molecular flexibility index (Phi) is 2.27. The molecule has 11 heavy (non-hydrogen) atoms. The van der Waals surface area contributed by atoms with Crippen molar-refractivity contribution in [2.75, 3.05) is 0 Å². The fraction of sp³-hybridized carbons (Fsp3) is 0.500. The van der Waals surface area contributed by atoms with Gasteiger partial charge in [0.15, 0.2) is 0 Å². The van der Waals surface area contributed by atoms with Crippen LogP contribution in [0.5, 0.6) is 0 Å². The number of hydrogen-bond acceptors (Lipinski definition) is 2. The minimum Gasteiger partial charge on any atom is -0.254 e. The van der Waals surface area contributed by atoms with Crippen LogP contribution in [-0.4, -0.2) is 9.78 Å². The molecule has 1 aromatic heterocycles. The monoisotopic (exact) mass is 148 g/mol. The Morgan fingerprint density at radius 2 is 2.36 bits per heavy atom. The zero-order valence-electron chi connectivity index (χ0n) is 6.76. The number of nitrogens with zero attached hydrogens (tertiary/aromatic N) is 3. The first-order valence-electron chi connectivity index (χ1n) is 3.70. The molecule has 0 spiro atoms. The molecule has 0 unspecified atom stereocenters. The highest BCUT2D eigenvalue weighted by Crippen LogP contribution is 2.06. The second-order valence-corrected chi connectivity index (χ2v) is 2.22. The lowest BCUT2D eigenvalue weighted by Gasteiger charge is -1.95. The van der Waals surface area contributed by atoms with Gasteiger partial charge in [0.25, 0.3) is 0 Å². The Hall–Kier alpha value is -1.30. The minimum absolute atomic E-state index is 0.648. The molecule has 0 atom stereocenters. The van der Waals surface area contributed by atoms with E-state index < -0.39 is 0 Å². The van der Waals surface area contributed by atoms with Crippen LogP contribution in [0, 0.1) is 17.5 Å². The second-order valence-electron chi connectivity index (χ2n) is 2.22. The smallest absolute Gasteiger partial charge is 0.142 e. The van der Waals surface area contributed by atoms with E-state index in [1.807, 2.05) is 13.8 Å². The lowest BCUT2D eigenvalue weighted by atomic mass is 10.2. The maximum absolute atomic E-state index is 8.72. The van der Waals surface area contributed by atoms with Crippen LogP contribution < -0.4 is 0 Å². The van der Waals surface area contributed by atoms with E-state index in [2.05, 4.69) is 17.4 Å². The number of aryl methyl sites for hydroxylation is 2. The summed E-state index contributed by atoms with van der Waals surface area (Å²) in [7, 11) is 0. The van der Waals surface area contributed by atoms with Crippen molar-refractivity contribution in [1.82, 2.24) is 9.78 Å². The molecule has 1 heterocycles. The normalized spacial score (nSPS) is 9.55. The van der Waals surface area contributed by atoms with Gasteiger partial charge in [0.1, 0.15) is 18.0 Å². The Balaban J connectivity index is 3.12. The van der Waals surface area contributed by atoms with Crippen LogP contribution in [0.4, 0.5) is 0 Å². The quantitative estimate of drug-likeness (QED) is 0.631. The van der Waals surface area contributed by atoms with Crippen molar-refractivity contribution in [1.29, 1.82) is 5.26 Å². The summed E-state index contributed by atoms with van der Waals surface area (Å²) < 4.78 is 1.67. The van der Waals surface area contributed by atoms with Gasteiger partial charge in [-0.3, -0.25) is 4.68 Å². The highest BCUT2D eigenvalue weighted by molar-refractivity contribution is 5.28. The van der Waals surface area contributed by atoms with Crippen LogP contribution in [0.15, 0.2) is 0 Å². The van der Waals surface area contributed by atoms with E-state index in [-0.39, 0.29) is 0 Å². The van der Waals surface area contributed by atoms with Gasteiger partial charge < -0.3 is 0 Å². The predicted octanol–water partition coefficient (Wildman–Crippen LogP) is 1.14. The molecular formula is C8H10N3. The van der Waals surface area contributed by atoms with Gasteiger partial charge in [-0.1, -0.05) is 6.92 Å². The van der Waals surface area contributed by atoms with E-state index in [9.17, 15) is 0 Å². The van der Waals surface area contributed by atoms with Crippen molar-refractivity contribution in [3.05, 3.63) is 17.5 Å². The zero-order valence-corrected chi connectivity index (χ0v) is 6.76. The molecule has 0 aliphatic rings.